The van der Waals surface area contributed by atoms with Gasteiger partial charge >= 0.3 is 6.16 Å². The molecule has 1 unspecified atom stereocenters. The molecule has 206 valence electrons. The highest BCUT2D eigenvalue weighted by Gasteiger charge is 2.49. The van der Waals surface area contributed by atoms with E-state index < -0.39 is 17.7 Å². The molecule has 11 heteroatoms. The number of carbonyl (C=O) groups is 2. The number of halogens is 1. The molecule has 4 heterocycles. The fourth-order valence-corrected chi connectivity index (χ4v) is 6.18. The van der Waals surface area contributed by atoms with E-state index in [-0.39, 0.29) is 35.7 Å². The van der Waals surface area contributed by atoms with Crippen molar-refractivity contribution in [2.24, 2.45) is 5.92 Å². The maximum Gasteiger partial charge on any atom is 0.513 e. The van der Waals surface area contributed by atoms with E-state index in [1.54, 1.807) is 6.07 Å². The van der Waals surface area contributed by atoms with Crippen molar-refractivity contribution in [3.63, 3.8) is 0 Å². The molecule has 1 N–H and O–H groups in total. The van der Waals surface area contributed by atoms with Crippen molar-refractivity contribution in [1.29, 1.82) is 0 Å². The van der Waals surface area contributed by atoms with Crippen LogP contribution in [0.15, 0.2) is 80.8 Å². The fraction of sp³-hybridized carbons (Fsp3) is 0.357. The molecule has 1 aromatic carbocycles. The average Bonchev–Trinajstić information content (AvgIpc) is 3.44. The van der Waals surface area contributed by atoms with Gasteiger partial charge in [0.05, 0.1) is 31.3 Å². The van der Waals surface area contributed by atoms with E-state index in [2.05, 4.69) is 5.32 Å². The number of thiophene rings is 1. The summed E-state index contributed by atoms with van der Waals surface area (Å²) in [6.45, 7) is 5.54. The zero-order valence-corrected chi connectivity index (χ0v) is 23.9. The van der Waals surface area contributed by atoms with Crippen molar-refractivity contribution >= 4 is 46.8 Å². The largest absolute Gasteiger partial charge is 0.513 e. The second-order valence-electron chi connectivity index (χ2n) is 9.67. The van der Waals surface area contributed by atoms with Crippen molar-refractivity contribution in [2.45, 2.75) is 36.9 Å². The molecule has 39 heavy (non-hydrogen) atoms. The van der Waals surface area contributed by atoms with Gasteiger partial charge in [0, 0.05) is 17.0 Å². The van der Waals surface area contributed by atoms with Gasteiger partial charge in [0.1, 0.15) is 22.4 Å². The summed E-state index contributed by atoms with van der Waals surface area (Å²) < 4.78 is 22.7. The summed E-state index contributed by atoms with van der Waals surface area (Å²) in [6, 6.07) is 9.16. The number of carbonyl (C=O) groups excluding carboxylic acids is 2. The third kappa shape index (κ3) is 6.14. The Bertz CT molecular complexity index is 1300. The Morgan fingerprint density at radius 3 is 2.82 bits per heavy atom. The van der Waals surface area contributed by atoms with Gasteiger partial charge in [0.25, 0.3) is 5.91 Å². The molecule has 0 bridgehead atoms. The van der Waals surface area contributed by atoms with Gasteiger partial charge in [0.15, 0.2) is 5.88 Å². The Morgan fingerprint density at radius 1 is 1.31 bits per heavy atom. The number of nitrogens with zero attached hydrogens (tertiary/aromatic N) is 1. The van der Waals surface area contributed by atoms with Crippen LogP contribution in [0.25, 0.3) is 0 Å². The van der Waals surface area contributed by atoms with Gasteiger partial charge in [-0.05, 0) is 41.0 Å². The molecule has 3 aliphatic rings. The molecule has 2 aromatic rings. The number of rotatable bonds is 9. The molecule has 1 saturated heterocycles. The zero-order chi connectivity index (χ0) is 27.4. The normalized spacial score (nSPS) is 21.4. The van der Waals surface area contributed by atoms with Gasteiger partial charge in [-0.2, -0.15) is 11.3 Å². The van der Waals surface area contributed by atoms with E-state index >= 15 is 0 Å². The standard InChI is InChI=1S/C28H29ClN2O6S2/c1-18(2)14-35-27(33)37-22-13-28(19-10-12-38-17-19,31-11-6-5-9-24(31)36-20-15-34-16-20)30-26(32)25(22)39-23-8-4-3-7-21(23)29/h3-10,12,17-18,20H,11,13-16H2,1-2H3,(H,30,32). The van der Waals surface area contributed by atoms with Gasteiger partial charge in [-0.3, -0.25) is 4.79 Å². The predicted octanol–water partition coefficient (Wildman–Crippen LogP) is 6.02. The quantitative estimate of drug-likeness (QED) is 0.356. The molecule has 0 radical (unpaired) electrons. The highest BCUT2D eigenvalue weighted by molar-refractivity contribution is 8.04. The molecule has 0 aliphatic carbocycles. The number of ether oxygens (including phenoxy) is 4. The van der Waals surface area contributed by atoms with Gasteiger partial charge in [0.2, 0.25) is 0 Å². The van der Waals surface area contributed by atoms with Crippen molar-refractivity contribution in [2.75, 3.05) is 26.4 Å². The lowest BCUT2D eigenvalue weighted by Gasteiger charge is -2.49. The lowest BCUT2D eigenvalue weighted by atomic mass is 9.91. The summed E-state index contributed by atoms with van der Waals surface area (Å²) >= 11 is 9.08. The lowest BCUT2D eigenvalue weighted by molar-refractivity contribution is -0.139. The Kier molecular flexibility index (Phi) is 8.56. The van der Waals surface area contributed by atoms with E-state index in [1.165, 1.54) is 11.3 Å². The Hall–Kier alpha value is -2.92. The van der Waals surface area contributed by atoms with Crippen LogP contribution in [0.3, 0.4) is 0 Å². The van der Waals surface area contributed by atoms with Crippen LogP contribution in [-0.2, 0) is 29.4 Å². The molecule has 1 aromatic heterocycles. The molecule has 1 fully saturated rings. The van der Waals surface area contributed by atoms with E-state index in [9.17, 15) is 9.59 Å². The number of hydrogen-bond acceptors (Lipinski definition) is 9. The third-order valence-corrected chi connectivity index (χ3v) is 8.59. The average molecular weight is 589 g/mol. The van der Waals surface area contributed by atoms with Crippen molar-refractivity contribution in [1.82, 2.24) is 10.2 Å². The Labute approximate surface area is 240 Å². The molecular weight excluding hydrogens is 560 g/mol. The van der Waals surface area contributed by atoms with E-state index in [0.717, 1.165) is 17.3 Å². The summed E-state index contributed by atoms with van der Waals surface area (Å²) in [5.41, 5.74) is -0.245. The van der Waals surface area contributed by atoms with Gasteiger partial charge in [-0.15, -0.1) is 0 Å². The molecule has 8 nitrogen and oxygen atoms in total. The highest BCUT2D eigenvalue weighted by atomic mass is 35.5. The van der Waals surface area contributed by atoms with Crippen LogP contribution in [0, 0.1) is 5.92 Å². The second kappa shape index (κ2) is 12.1. The molecule has 5 rings (SSSR count). The first-order valence-electron chi connectivity index (χ1n) is 12.6. The van der Waals surface area contributed by atoms with E-state index in [4.69, 9.17) is 30.5 Å². The molecule has 0 spiro atoms. The first-order valence-corrected chi connectivity index (χ1v) is 14.7. The van der Waals surface area contributed by atoms with Crippen molar-refractivity contribution in [3.05, 3.63) is 86.5 Å². The fourth-order valence-electron chi connectivity index (χ4n) is 4.31. The van der Waals surface area contributed by atoms with E-state index in [1.807, 2.05) is 72.0 Å². The minimum atomic E-state index is -1.09. The van der Waals surface area contributed by atoms with Crippen molar-refractivity contribution < 1.29 is 28.5 Å². The van der Waals surface area contributed by atoms with Crippen LogP contribution in [0.1, 0.15) is 25.8 Å². The van der Waals surface area contributed by atoms with Gasteiger partial charge < -0.3 is 29.2 Å². The molecule has 0 saturated carbocycles. The van der Waals surface area contributed by atoms with Crippen molar-refractivity contribution in [3.8, 4) is 0 Å². The SMILES string of the molecule is CC(C)COC(=O)OC1=C(Sc2ccccc2Cl)C(=O)NC(c2ccsc2)(N2CC=CC=C2OC2COC2)C1. The topological polar surface area (TPSA) is 86.3 Å². The van der Waals surface area contributed by atoms with Crippen LogP contribution in [0.4, 0.5) is 4.79 Å². The number of thioether (sulfide) groups is 1. The number of amides is 1. The summed E-state index contributed by atoms with van der Waals surface area (Å²) in [5.74, 6) is 0.527. The monoisotopic (exact) mass is 588 g/mol. The molecule has 1 amide bonds. The second-order valence-corrected chi connectivity index (χ2v) is 11.9. The summed E-state index contributed by atoms with van der Waals surface area (Å²) in [6.07, 6.45) is 4.99. The van der Waals surface area contributed by atoms with Gasteiger partial charge in [-0.25, -0.2) is 4.79 Å². The summed E-state index contributed by atoms with van der Waals surface area (Å²) in [4.78, 5) is 29.6. The number of hydrogen-bond donors (Lipinski definition) is 1. The zero-order valence-electron chi connectivity index (χ0n) is 21.6. The number of allylic oxidation sites excluding steroid dienone is 2. The van der Waals surface area contributed by atoms with Crippen LogP contribution >= 0.6 is 34.7 Å². The molecule has 1 atom stereocenters. The summed E-state index contributed by atoms with van der Waals surface area (Å²) in [7, 11) is 0. The van der Waals surface area contributed by atoms with Crippen LogP contribution in [0.2, 0.25) is 5.02 Å². The molecular formula is C28H29ClN2O6S2. The van der Waals surface area contributed by atoms with Crippen LogP contribution in [-0.4, -0.2) is 49.4 Å². The minimum absolute atomic E-state index is 0.0762. The van der Waals surface area contributed by atoms with E-state index in [0.29, 0.717) is 35.6 Å². The Morgan fingerprint density at radius 2 is 2.13 bits per heavy atom. The molecule has 3 aliphatic heterocycles. The van der Waals surface area contributed by atoms with Gasteiger partial charge in [-0.1, -0.05) is 61.5 Å². The predicted molar refractivity (Wildman–Crippen MR) is 150 cm³/mol. The lowest BCUT2D eigenvalue weighted by Crippen LogP contribution is -2.61. The minimum Gasteiger partial charge on any atom is -0.471 e. The Balaban J connectivity index is 1.55. The van der Waals surface area contributed by atoms with Crippen LogP contribution in [0.5, 0.6) is 0 Å². The first kappa shape index (κ1) is 27.6. The maximum absolute atomic E-state index is 13.9. The summed E-state index contributed by atoms with van der Waals surface area (Å²) in [5, 5.41) is 7.65. The number of nitrogens with one attached hydrogen (secondary N) is 1. The smallest absolute Gasteiger partial charge is 0.471 e. The first-order chi connectivity index (χ1) is 18.9. The number of benzene rings is 1. The maximum atomic E-state index is 13.9. The van der Waals surface area contributed by atoms with Crippen LogP contribution < -0.4 is 5.32 Å². The highest BCUT2D eigenvalue weighted by Crippen LogP contribution is 2.45. The third-order valence-electron chi connectivity index (χ3n) is 6.27.